The highest BCUT2D eigenvalue weighted by Crippen LogP contribution is 1.98. The maximum absolute atomic E-state index is 11.3. The highest BCUT2D eigenvalue weighted by Gasteiger charge is 2.16. The molecule has 6 heteroatoms. The maximum atomic E-state index is 11.3. The molecule has 1 atom stereocenters. The molecular weight excluding hydrogens is 228 g/mol. The molecule has 0 aromatic rings. The normalized spacial score (nSPS) is 18.9. The second-order valence-electron chi connectivity index (χ2n) is 3.48. The van der Waals surface area contributed by atoms with E-state index in [-0.39, 0.29) is 23.8 Å². The molecule has 0 aromatic heterocycles. The zero-order valence-electron chi connectivity index (χ0n) is 9.18. The van der Waals surface area contributed by atoms with Gasteiger partial charge in [0.25, 0.3) is 0 Å². The quantitative estimate of drug-likeness (QED) is 0.409. The first-order valence-corrected chi connectivity index (χ1v) is 5.62. The monoisotopic (exact) mass is 244 g/mol. The van der Waals surface area contributed by atoms with Crippen LogP contribution in [0.4, 0.5) is 0 Å². The minimum atomic E-state index is -0.205. The summed E-state index contributed by atoms with van der Waals surface area (Å²) in [6.45, 7) is 3.47. The molecule has 0 spiro atoms. The van der Waals surface area contributed by atoms with Crippen molar-refractivity contribution >= 4 is 24.4 Å². The van der Waals surface area contributed by atoms with Gasteiger partial charge in [-0.05, 0) is 6.92 Å². The van der Waals surface area contributed by atoms with Crippen molar-refractivity contribution < 1.29 is 14.3 Å². The number of nitrogens with one attached hydrogen (secondary N) is 1. The lowest BCUT2D eigenvalue weighted by Gasteiger charge is -2.25. The standard InChI is InChI=1S/C10H16N2O3S/c1-8(16)11-9(13)3-2-4-12-5-6-15-7-10(12)14/h2-3,8,16H,4-7H2,1H3,(H,11,13)/b3-2+/t8-/m0/s1. The molecule has 0 bridgehead atoms. The molecule has 0 unspecified atom stereocenters. The second kappa shape index (κ2) is 6.55. The van der Waals surface area contributed by atoms with Gasteiger partial charge >= 0.3 is 0 Å². The molecule has 5 nitrogen and oxygen atoms in total. The van der Waals surface area contributed by atoms with E-state index in [9.17, 15) is 9.59 Å². The van der Waals surface area contributed by atoms with E-state index >= 15 is 0 Å². The van der Waals surface area contributed by atoms with E-state index < -0.39 is 0 Å². The number of carbonyl (C=O) groups excluding carboxylic acids is 2. The molecule has 1 saturated heterocycles. The van der Waals surface area contributed by atoms with Crippen LogP contribution in [0.2, 0.25) is 0 Å². The molecule has 2 amide bonds. The van der Waals surface area contributed by atoms with Crippen molar-refractivity contribution in [2.24, 2.45) is 0 Å². The Morgan fingerprint density at radius 3 is 3.12 bits per heavy atom. The number of hydrogen-bond donors (Lipinski definition) is 2. The molecule has 0 radical (unpaired) electrons. The summed E-state index contributed by atoms with van der Waals surface area (Å²) < 4.78 is 4.99. The van der Waals surface area contributed by atoms with Gasteiger partial charge in [-0.2, -0.15) is 12.6 Å². The summed E-state index contributed by atoms with van der Waals surface area (Å²) in [4.78, 5) is 24.2. The molecule has 1 aliphatic rings. The van der Waals surface area contributed by atoms with Crippen LogP contribution in [0.25, 0.3) is 0 Å². The highest BCUT2D eigenvalue weighted by molar-refractivity contribution is 7.80. The van der Waals surface area contributed by atoms with Gasteiger partial charge in [-0.3, -0.25) is 9.59 Å². The number of nitrogens with zero attached hydrogens (tertiary/aromatic N) is 1. The largest absolute Gasteiger partial charge is 0.370 e. The first kappa shape index (κ1) is 13.1. The Balaban J connectivity index is 2.30. The maximum Gasteiger partial charge on any atom is 0.248 e. The summed E-state index contributed by atoms with van der Waals surface area (Å²) in [6, 6.07) is 0. The number of carbonyl (C=O) groups is 2. The fourth-order valence-corrected chi connectivity index (χ4v) is 1.41. The van der Waals surface area contributed by atoms with Crippen molar-refractivity contribution in [2.75, 3.05) is 26.3 Å². The van der Waals surface area contributed by atoms with Crippen LogP contribution in [0.3, 0.4) is 0 Å². The predicted molar refractivity (Wildman–Crippen MR) is 63.1 cm³/mol. The molecule has 1 aliphatic heterocycles. The van der Waals surface area contributed by atoms with Gasteiger partial charge in [0, 0.05) is 19.2 Å². The summed E-state index contributed by atoms with van der Waals surface area (Å²) >= 11 is 4.03. The average Bonchev–Trinajstić information content (AvgIpc) is 2.19. The van der Waals surface area contributed by atoms with Crippen LogP contribution < -0.4 is 5.32 Å². The molecular formula is C10H16N2O3S. The number of hydrogen-bond acceptors (Lipinski definition) is 4. The van der Waals surface area contributed by atoms with Gasteiger partial charge in [0.15, 0.2) is 0 Å². The molecule has 0 aliphatic carbocycles. The first-order chi connectivity index (χ1) is 7.59. The fourth-order valence-electron chi connectivity index (χ4n) is 1.28. The van der Waals surface area contributed by atoms with E-state index in [1.165, 1.54) is 6.08 Å². The number of ether oxygens (including phenoxy) is 1. The van der Waals surface area contributed by atoms with Crippen molar-refractivity contribution in [1.29, 1.82) is 0 Å². The van der Waals surface area contributed by atoms with E-state index in [1.807, 2.05) is 0 Å². The summed E-state index contributed by atoms with van der Waals surface area (Å²) in [5.74, 6) is -0.248. The Bertz CT molecular complexity index is 292. The minimum absolute atomic E-state index is 0.0427. The third-order valence-corrected chi connectivity index (χ3v) is 2.16. The van der Waals surface area contributed by atoms with Gasteiger partial charge < -0.3 is 15.0 Å². The minimum Gasteiger partial charge on any atom is -0.370 e. The van der Waals surface area contributed by atoms with Crippen LogP contribution in [0.1, 0.15) is 6.92 Å². The van der Waals surface area contributed by atoms with Crippen molar-refractivity contribution in [3.63, 3.8) is 0 Å². The Kier molecular flexibility index (Phi) is 5.34. The van der Waals surface area contributed by atoms with Gasteiger partial charge in [0.05, 0.1) is 12.0 Å². The third-order valence-electron chi connectivity index (χ3n) is 2.03. The van der Waals surface area contributed by atoms with E-state index in [2.05, 4.69) is 17.9 Å². The lowest BCUT2D eigenvalue weighted by molar-refractivity contribution is -0.141. The second-order valence-corrected chi connectivity index (χ2v) is 4.25. The molecule has 1 fully saturated rings. The van der Waals surface area contributed by atoms with Crippen LogP contribution in [0.15, 0.2) is 12.2 Å². The molecule has 90 valence electrons. The van der Waals surface area contributed by atoms with Crippen LogP contribution in [-0.2, 0) is 14.3 Å². The number of rotatable bonds is 4. The van der Waals surface area contributed by atoms with Gasteiger partial charge in [-0.25, -0.2) is 0 Å². The van der Waals surface area contributed by atoms with Gasteiger partial charge in [0.1, 0.15) is 6.61 Å². The van der Waals surface area contributed by atoms with E-state index in [1.54, 1.807) is 17.9 Å². The Morgan fingerprint density at radius 2 is 2.50 bits per heavy atom. The lowest BCUT2D eigenvalue weighted by Crippen LogP contribution is -2.41. The number of morpholine rings is 1. The van der Waals surface area contributed by atoms with Crippen molar-refractivity contribution in [3.8, 4) is 0 Å². The van der Waals surface area contributed by atoms with Crippen LogP contribution in [0, 0.1) is 0 Å². The SMILES string of the molecule is C[C@H](S)NC(=O)/C=C/CN1CCOCC1=O. The van der Waals surface area contributed by atoms with Gasteiger partial charge in [0.2, 0.25) is 11.8 Å². The summed E-state index contributed by atoms with van der Waals surface area (Å²) in [5, 5.41) is 2.42. The zero-order valence-corrected chi connectivity index (χ0v) is 10.1. The molecule has 1 heterocycles. The zero-order chi connectivity index (χ0) is 12.0. The number of amides is 2. The van der Waals surface area contributed by atoms with Crippen molar-refractivity contribution in [1.82, 2.24) is 10.2 Å². The van der Waals surface area contributed by atoms with Crippen molar-refractivity contribution in [3.05, 3.63) is 12.2 Å². The van der Waals surface area contributed by atoms with Gasteiger partial charge in [-0.1, -0.05) is 6.08 Å². The molecule has 0 aromatic carbocycles. The predicted octanol–water partition coefficient (Wildman–Crippen LogP) is -0.207. The van der Waals surface area contributed by atoms with Crippen LogP contribution >= 0.6 is 12.6 Å². The summed E-state index contributed by atoms with van der Waals surface area (Å²) in [6.07, 6.45) is 3.07. The van der Waals surface area contributed by atoms with E-state index in [4.69, 9.17) is 4.74 Å². The first-order valence-electron chi connectivity index (χ1n) is 5.10. The Morgan fingerprint density at radius 1 is 1.75 bits per heavy atom. The van der Waals surface area contributed by atoms with Crippen molar-refractivity contribution in [2.45, 2.75) is 12.3 Å². The van der Waals surface area contributed by atoms with Gasteiger partial charge in [-0.15, -0.1) is 0 Å². The summed E-state index contributed by atoms with van der Waals surface area (Å²) in [5.41, 5.74) is 0. The molecule has 1 rings (SSSR count). The smallest absolute Gasteiger partial charge is 0.248 e. The highest BCUT2D eigenvalue weighted by atomic mass is 32.1. The molecule has 0 saturated carbocycles. The lowest BCUT2D eigenvalue weighted by atomic mass is 10.3. The Hall–Kier alpha value is -1.01. The third kappa shape index (κ3) is 4.67. The average molecular weight is 244 g/mol. The van der Waals surface area contributed by atoms with E-state index in [0.29, 0.717) is 19.7 Å². The van der Waals surface area contributed by atoms with Crippen LogP contribution in [-0.4, -0.2) is 48.4 Å². The topological polar surface area (TPSA) is 58.6 Å². The fraction of sp³-hybridized carbons (Fsp3) is 0.600. The Labute approximate surface area is 100 Å². The molecule has 16 heavy (non-hydrogen) atoms. The summed E-state index contributed by atoms with van der Waals surface area (Å²) in [7, 11) is 0. The van der Waals surface area contributed by atoms with Crippen LogP contribution in [0.5, 0.6) is 0 Å². The number of thiol groups is 1. The van der Waals surface area contributed by atoms with E-state index in [0.717, 1.165) is 0 Å². The molecule has 1 N–H and O–H groups in total.